The maximum Gasteiger partial charge on any atom is 2.00 e. The maximum absolute atomic E-state index is 11.2. The SMILES string of the molecule is O=S(=O)([O-])c1ccc2ccccc2c1S(=O)(=O)[O-].[Cd+2]. The van der Waals surface area contributed by atoms with E-state index < -0.39 is 30.0 Å². The number of fused-ring (bicyclic) bond motifs is 1. The van der Waals surface area contributed by atoms with Crippen LogP contribution < -0.4 is 0 Å². The molecule has 19 heavy (non-hydrogen) atoms. The Morgan fingerprint density at radius 2 is 1.37 bits per heavy atom. The Labute approximate surface area is 130 Å². The van der Waals surface area contributed by atoms with Gasteiger partial charge in [0.1, 0.15) is 20.2 Å². The quantitative estimate of drug-likeness (QED) is 0.542. The van der Waals surface area contributed by atoms with Gasteiger partial charge in [-0.1, -0.05) is 30.3 Å². The Bertz CT molecular complexity index is 826. The summed E-state index contributed by atoms with van der Waals surface area (Å²) in [4.78, 5) is -2.01. The summed E-state index contributed by atoms with van der Waals surface area (Å²) in [5, 5.41) is 0.281. The van der Waals surface area contributed by atoms with E-state index in [0.29, 0.717) is 5.39 Å². The smallest absolute Gasteiger partial charge is 0.744 e. The van der Waals surface area contributed by atoms with Crippen molar-refractivity contribution < 1.29 is 53.2 Å². The molecule has 0 bridgehead atoms. The molecule has 0 saturated heterocycles. The minimum atomic E-state index is -5.07. The van der Waals surface area contributed by atoms with Crippen LogP contribution in [0.15, 0.2) is 46.2 Å². The molecule has 0 aliphatic heterocycles. The van der Waals surface area contributed by atoms with Gasteiger partial charge in [0.25, 0.3) is 0 Å². The first-order valence-corrected chi connectivity index (χ1v) is 7.46. The van der Waals surface area contributed by atoms with E-state index in [1.165, 1.54) is 24.3 Å². The van der Waals surface area contributed by atoms with E-state index in [1.807, 2.05) is 0 Å². The molecule has 0 N–H and O–H groups in total. The average molecular weight is 399 g/mol. The normalized spacial score (nSPS) is 12.1. The predicted octanol–water partition coefficient (Wildman–Crippen LogP) is 0.646. The van der Waals surface area contributed by atoms with Crippen LogP contribution in [0.3, 0.4) is 0 Å². The number of benzene rings is 2. The second-order valence-electron chi connectivity index (χ2n) is 3.52. The van der Waals surface area contributed by atoms with Crippen molar-refractivity contribution in [2.24, 2.45) is 0 Å². The Kier molecular flexibility index (Phi) is 4.72. The van der Waals surface area contributed by atoms with Gasteiger partial charge in [-0.3, -0.25) is 0 Å². The zero-order valence-corrected chi connectivity index (χ0v) is 15.1. The van der Waals surface area contributed by atoms with Gasteiger partial charge in [0.15, 0.2) is 0 Å². The van der Waals surface area contributed by atoms with Gasteiger partial charge in [0.2, 0.25) is 0 Å². The molecule has 0 unspecified atom stereocenters. The maximum atomic E-state index is 11.2. The molecule has 0 aromatic heterocycles. The van der Waals surface area contributed by atoms with Crippen molar-refractivity contribution in [3.63, 3.8) is 0 Å². The van der Waals surface area contributed by atoms with Gasteiger partial charge in [0.05, 0.1) is 9.79 Å². The minimum Gasteiger partial charge on any atom is -0.744 e. The molecule has 2 aromatic carbocycles. The summed E-state index contributed by atoms with van der Waals surface area (Å²) >= 11 is 0. The van der Waals surface area contributed by atoms with Crippen LogP contribution in [0.1, 0.15) is 0 Å². The fourth-order valence-corrected chi connectivity index (χ4v) is 3.63. The minimum absolute atomic E-state index is 0. The summed E-state index contributed by atoms with van der Waals surface area (Å²) in [6, 6.07) is 7.91. The van der Waals surface area contributed by atoms with Crippen LogP contribution in [-0.2, 0) is 47.5 Å². The van der Waals surface area contributed by atoms with Crippen molar-refractivity contribution in [1.29, 1.82) is 0 Å². The van der Waals surface area contributed by atoms with Gasteiger partial charge in [-0.15, -0.1) is 0 Å². The molecule has 0 radical (unpaired) electrons. The average Bonchev–Trinajstić information content (AvgIpc) is 2.24. The van der Waals surface area contributed by atoms with Crippen molar-refractivity contribution >= 4 is 31.0 Å². The summed E-state index contributed by atoms with van der Waals surface area (Å²) in [6.07, 6.45) is 0. The van der Waals surface area contributed by atoms with Crippen LogP contribution in [0.5, 0.6) is 0 Å². The van der Waals surface area contributed by atoms with E-state index in [0.717, 1.165) is 6.07 Å². The first-order chi connectivity index (χ1) is 8.21. The molecule has 2 aromatic rings. The van der Waals surface area contributed by atoms with Crippen LogP contribution in [0.4, 0.5) is 0 Å². The molecular weight excluding hydrogens is 393 g/mol. The molecule has 6 nitrogen and oxygen atoms in total. The Morgan fingerprint density at radius 1 is 0.789 bits per heavy atom. The van der Waals surface area contributed by atoms with E-state index in [1.54, 1.807) is 6.07 Å². The van der Waals surface area contributed by atoms with E-state index in [-0.39, 0.29) is 32.7 Å². The van der Waals surface area contributed by atoms with Crippen molar-refractivity contribution in [2.75, 3.05) is 0 Å². The zero-order valence-electron chi connectivity index (χ0n) is 9.44. The van der Waals surface area contributed by atoms with E-state index >= 15 is 0 Å². The van der Waals surface area contributed by atoms with Crippen molar-refractivity contribution in [1.82, 2.24) is 0 Å². The fourth-order valence-electron chi connectivity index (χ4n) is 1.68. The Balaban J connectivity index is 0.00000180. The number of hydrogen-bond donors (Lipinski definition) is 0. The van der Waals surface area contributed by atoms with Gasteiger partial charge in [-0.05, 0) is 11.5 Å². The Hall–Kier alpha value is -0.558. The van der Waals surface area contributed by atoms with E-state index in [2.05, 4.69) is 0 Å². The molecular formula is C10H6CdO6S2. The Morgan fingerprint density at radius 3 is 1.89 bits per heavy atom. The van der Waals surface area contributed by atoms with Crippen molar-refractivity contribution in [2.45, 2.75) is 9.79 Å². The second-order valence-corrected chi connectivity index (χ2v) is 6.19. The molecule has 0 spiro atoms. The molecule has 0 atom stereocenters. The van der Waals surface area contributed by atoms with Gasteiger partial charge < -0.3 is 9.11 Å². The van der Waals surface area contributed by atoms with Gasteiger partial charge in [0, 0.05) is 5.39 Å². The monoisotopic (exact) mass is 400 g/mol. The van der Waals surface area contributed by atoms with E-state index in [4.69, 9.17) is 0 Å². The van der Waals surface area contributed by atoms with Crippen LogP contribution >= 0.6 is 0 Å². The zero-order chi connectivity index (χ0) is 13.6. The molecule has 0 aliphatic rings. The molecule has 0 heterocycles. The van der Waals surface area contributed by atoms with Gasteiger partial charge >= 0.3 is 27.3 Å². The third-order valence-corrected chi connectivity index (χ3v) is 4.31. The standard InChI is InChI=1S/C10H8O6S2.Cd/c11-17(12,13)9-6-5-7-3-1-2-4-8(7)10(9)18(14,15)16;/h1-6H,(H,11,12,13)(H,14,15,16);/q;+2/p-2. The molecule has 0 aliphatic carbocycles. The summed E-state index contributed by atoms with van der Waals surface area (Å²) in [6.45, 7) is 0. The molecule has 96 valence electrons. The third-order valence-electron chi connectivity index (χ3n) is 2.36. The van der Waals surface area contributed by atoms with Gasteiger partial charge in [-0.25, -0.2) is 16.8 Å². The third kappa shape index (κ3) is 3.31. The topological polar surface area (TPSA) is 114 Å². The van der Waals surface area contributed by atoms with Crippen molar-refractivity contribution in [3.8, 4) is 0 Å². The summed E-state index contributed by atoms with van der Waals surface area (Å²) in [5.41, 5.74) is 0. The van der Waals surface area contributed by atoms with Crippen LogP contribution in [0, 0.1) is 0 Å². The van der Waals surface area contributed by atoms with Crippen LogP contribution in [0.2, 0.25) is 0 Å². The largest absolute Gasteiger partial charge is 2.00 e. The number of rotatable bonds is 2. The summed E-state index contributed by atoms with van der Waals surface area (Å²) < 4.78 is 66.4. The molecule has 2 rings (SSSR count). The summed E-state index contributed by atoms with van der Waals surface area (Å²) in [5.74, 6) is 0. The predicted molar refractivity (Wildman–Crippen MR) is 59.9 cm³/mol. The molecule has 0 amide bonds. The molecule has 0 fully saturated rings. The van der Waals surface area contributed by atoms with Crippen LogP contribution in [0.25, 0.3) is 10.8 Å². The number of hydrogen-bond acceptors (Lipinski definition) is 6. The second kappa shape index (κ2) is 5.44. The summed E-state index contributed by atoms with van der Waals surface area (Å²) in [7, 11) is -10.1. The van der Waals surface area contributed by atoms with Crippen LogP contribution in [-0.4, -0.2) is 25.9 Å². The van der Waals surface area contributed by atoms with E-state index in [9.17, 15) is 25.9 Å². The first-order valence-electron chi connectivity index (χ1n) is 4.65. The molecule has 9 heteroatoms. The fraction of sp³-hybridized carbons (Fsp3) is 0. The van der Waals surface area contributed by atoms with Gasteiger partial charge in [-0.2, -0.15) is 0 Å². The first kappa shape index (κ1) is 16.5. The molecule has 0 saturated carbocycles. The van der Waals surface area contributed by atoms with Crippen molar-refractivity contribution in [3.05, 3.63) is 36.4 Å².